The molecule has 0 bridgehead atoms. The zero-order chi connectivity index (χ0) is 20.1. The van der Waals surface area contributed by atoms with Crippen LogP contribution in [0.25, 0.3) is 11.0 Å². The van der Waals surface area contributed by atoms with E-state index < -0.39 is 28.8 Å². The number of alkyl halides is 3. The molecule has 27 heavy (non-hydrogen) atoms. The summed E-state index contributed by atoms with van der Waals surface area (Å²) in [6, 6.07) is 2.44. The molecule has 10 heteroatoms. The predicted octanol–water partition coefficient (Wildman–Crippen LogP) is 2.84. The van der Waals surface area contributed by atoms with Crippen LogP contribution in [0, 0.1) is 12.7 Å². The van der Waals surface area contributed by atoms with E-state index in [2.05, 4.69) is 10.3 Å². The van der Waals surface area contributed by atoms with E-state index in [1.54, 1.807) is 6.92 Å². The van der Waals surface area contributed by atoms with Crippen LogP contribution in [0.15, 0.2) is 34.0 Å². The Morgan fingerprint density at radius 3 is 2.41 bits per heavy atom. The van der Waals surface area contributed by atoms with Gasteiger partial charge < -0.3 is 5.32 Å². The molecule has 0 aliphatic rings. The molecule has 2 aromatic heterocycles. The Morgan fingerprint density at radius 1 is 1.11 bits per heavy atom. The number of halogens is 4. The smallest absolute Gasteiger partial charge is 0.354 e. The lowest BCUT2D eigenvalue weighted by Crippen LogP contribution is -2.37. The molecule has 0 unspecified atom stereocenters. The zero-order valence-electron chi connectivity index (χ0n) is 14.5. The van der Waals surface area contributed by atoms with Gasteiger partial charge in [0.15, 0.2) is 5.65 Å². The van der Waals surface area contributed by atoms with Crippen LogP contribution >= 0.6 is 0 Å². The molecule has 3 rings (SSSR count). The van der Waals surface area contributed by atoms with Crippen molar-refractivity contribution in [2.75, 3.05) is 5.32 Å². The molecule has 0 aliphatic heterocycles. The first-order chi connectivity index (χ1) is 12.5. The van der Waals surface area contributed by atoms with Crippen LogP contribution in [0.2, 0.25) is 0 Å². The average molecular weight is 382 g/mol. The number of aryl methyl sites for hydroxylation is 2. The maximum absolute atomic E-state index is 13.5. The Labute approximate surface area is 149 Å². The first-order valence-electron chi connectivity index (χ1n) is 7.71. The topological polar surface area (TPSA) is 68.9 Å². The van der Waals surface area contributed by atoms with E-state index in [4.69, 9.17) is 0 Å². The monoisotopic (exact) mass is 382 g/mol. The molecule has 1 aromatic carbocycles. The van der Waals surface area contributed by atoms with Gasteiger partial charge in [0.05, 0.1) is 11.3 Å². The SMILES string of the molecule is Cc1cnc2c(c1Nc1ccc(F)c(C(F)(F)F)c1)c(=O)n(C)c(=O)n2C. The van der Waals surface area contributed by atoms with Gasteiger partial charge in [0.2, 0.25) is 0 Å². The molecule has 142 valence electrons. The number of aromatic nitrogens is 3. The second-order valence-electron chi connectivity index (χ2n) is 6.04. The van der Waals surface area contributed by atoms with Crippen molar-refractivity contribution in [1.29, 1.82) is 0 Å². The van der Waals surface area contributed by atoms with Gasteiger partial charge in [-0.05, 0) is 30.7 Å². The third-order valence-electron chi connectivity index (χ3n) is 4.20. The van der Waals surface area contributed by atoms with Crippen molar-refractivity contribution in [3.05, 3.63) is 62.2 Å². The summed E-state index contributed by atoms with van der Waals surface area (Å²) in [7, 11) is 2.71. The first-order valence-corrected chi connectivity index (χ1v) is 7.71. The summed E-state index contributed by atoms with van der Waals surface area (Å²) in [5, 5.41) is 2.77. The summed E-state index contributed by atoms with van der Waals surface area (Å²) in [6.07, 6.45) is -3.48. The van der Waals surface area contributed by atoms with Crippen LogP contribution in [0.5, 0.6) is 0 Å². The van der Waals surface area contributed by atoms with Crippen molar-refractivity contribution < 1.29 is 17.6 Å². The lowest BCUT2D eigenvalue weighted by Gasteiger charge is -2.16. The average Bonchev–Trinajstić information content (AvgIpc) is 2.60. The fourth-order valence-electron chi connectivity index (χ4n) is 2.75. The van der Waals surface area contributed by atoms with E-state index in [-0.39, 0.29) is 22.4 Å². The maximum atomic E-state index is 13.5. The number of hydrogen-bond acceptors (Lipinski definition) is 4. The van der Waals surface area contributed by atoms with Gasteiger partial charge in [-0.25, -0.2) is 14.2 Å². The van der Waals surface area contributed by atoms with E-state index >= 15 is 0 Å². The summed E-state index contributed by atoms with van der Waals surface area (Å²) >= 11 is 0. The standard InChI is InChI=1S/C17H14F4N4O2/c1-8-7-22-14-12(15(26)25(3)16(27)24(14)2)13(8)23-9-4-5-11(18)10(6-9)17(19,20)21/h4-7H,1-3H3,(H,22,23). The molecule has 0 atom stereocenters. The summed E-state index contributed by atoms with van der Waals surface area (Å²) < 4.78 is 54.4. The number of rotatable bonds is 2. The first kappa shape index (κ1) is 18.6. The number of nitrogens with one attached hydrogen (secondary N) is 1. The van der Waals surface area contributed by atoms with Crippen LogP contribution in [0.3, 0.4) is 0 Å². The highest BCUT2D eigenvalue weighted by Crippen LogP contribution is 2.34. The second kappa shape index (κ2) is 6.22. The van der Waals surface area contributed by atoms with Crippen LogP contribution < -0.4 is 16.6 Å². The van der Waals surface area contributed by atoms with Crippen LogP contribution in [-0.2, 0) is 20.3 Å². The van der Waals surface area contributed by atoms with Crippen molar-refractivity contribution in [2.45, 2.75) is 13.1 Å². The van der Waals surface area contributed by atoms with E-state index in [0.717, 1.165) is 15.2 Å². The van der Waals surface area contributed by atoms with E-state index in [1.807, 2.05) is 0 Å². The van der Waals surface area contributed by atoms with Gasteiger partial charge in [0, 0.05) is 26.0 Å². The van der Waals surface area contributed by atoms with Gasteiger partial charge in [-0.3, -0.25) is 13.9 Å². The summed E-state index contributed by atoms with van der Waals surface area (Å²) in [4.78, 5) is 28.7. The molecular weight excluding hydrogens is 368 g/mol. The number of hydrogen-bond donors (Lipinski definition) is 1. The summed E-state index contributed by atoms with van der Waals surface area (Å²) in [5.74, 6) is -1.40. The molecule has 0 spiro atoms. The van der Waals surface area contributed by atoms with Gasteiger partial charge in [0.25, 0.3) is 5.56 Å². The second-order valence-corrected chi connectivity index (χ2v) is 6.04. The molecular formula is C17H14F4N4O2. The molecule has 3 aromatic rings. The highest BCUT2D eigenvalue weighted by Gasteiger charge is 2.34. The van der Waals surface area contributed by atoms with Crippen LogP contribution in [0.1, 0.15) is 11.1 Å². The van der Waals surface area contributed by atoms with Crippen molar-refractivity contribution in [3.63, 3.8) is 0 Å². The minimum Gasteiger partial charge on any atom is -0.354 e. The summed E-state index contributed by atoms with van der Waals surface area (Å²) in [5.41, 5.74) is -1.98. The van der Waals surface area contributed by atoms with Crippen LogP contribution in [-0.4, -0.2) is 14.1 Å². The Hall–Kier alpha value is -3.17. The minimum atomic E-state index is -4.86. The van der Waals surface area contributed by atoms with Crippen molar-refractivity contribution in [1.82, 2.24) is 14.1 Å². The lowest BCUT2D eigenvalue weighted by molar-refractivity contribution is -0.139. The Balaban J connectivity index is 2.26. The molecule has 1 N–H and O–H groups in total. The Morgan fingerprint density at radius 2 is 1.78 bits per heavy atom. The highest BCUT2D eigenvalue weighted by atomic mass is 19.4. The molecule has 0 radical (unpaired) electrons. The molecule has 0 fully saturated rings. The van der Waals surface area contributed by atoms with E-state index in [1.165, 1.54) is 20.3 Å². The third-order valence-corrected chi connectivity index (χ3v) is 4.20. The zero-order valence-corrected chi connectivity index (χ0v) is 14.5. The van der Waals surface area contributed by atoms with Crippen molar-refractivity contribution in [2.24, 2.45) is 14.1 Å². The third kappa shape index (κ3) is 3.07. The number of nitrogens with zero attached hydrogens (tertiary/aromatic N) is 3. The Kier molecular flexibility index (Phi) is 4.29. The predicted molar refractivity (Wildman–Crippen MR) is 91.6 cm³/mol. The molecule has 0 saturated carbocycles. The largest absolute Gasteiger partial charge is 0.419 e. The fraction of sp³-hybridized carbons (Fsp3) is 0.235. The van der Waals surface area contributed by atoms with Gasteiger partial charge in [-0.1, -0.05) is 0 Å². The molecule has 0 aliphatic carbocycles. The van der Waals surface area contributed by atoms with Gasteiger partial charge >= 0.3 is 11.9 Å². The van der Waals surface area contributed by atoms with Gasteiger partial charge in [-0.2, -0.15) is 13.2 Å². The summed E-state index contributed by atoms with van der Waals surface area (Å²) in [6.45, 7) is 1.60. The molecule has 0 amide bonds. The molecule has 6 nitrogen and oxygen atoms in total. The molecule has 0 saturated heterocycles. The lowest BCUT2D eigenvalue weighted by atomic mass is 10.1. The minimum absolute atomic E-state index is 0.0393. The normalized spacial score (nSPS) is 11.8. The van der Waals surface area contributed by atoms with Crippen molar-refractivity contribution >= 4 is 22.4 Å². The highest BCUT2D eigenvalue weighted by molar-refractivity contribution is 5.92. The quantitative estimate of drug-likeness (QED) is 0.692. The number of pyridine rings is 1. The maximum Gasteiger partial charge on any atom is 0.419 e. The Bertz CT molecular complexity index is 1180. The molecule has 2 heterocycles. The fourth-order valence-corrected chi connectivity index (χ4v) is 2.75. The number of benzene rings is 1. The van der Waals surface area contributed by atoms with Crippen LogP contribution in [0.4, 0.5) is 28.9 Å². The van der Waals surface area contributed by atoms with E-state index in [9.17, 15) is 27.2 Å². The van der Waals surface area contributed by atoms with Gasteiger partial charge in [0.1, 0.15) is 11.2 Å². The number of fused-ring (bicyclic) bond motifs is 1. The van der Waals surface area contributed by atoms with Gasteiger partial charge in [-0.15, -0.1) is 0 Å². The number of anilines is 2. The van der Waals surface area contributed by atoms with Crippen molar-refractivity contribution in [3.8, 4) is 0 Å². The van der Waals surface area contributed by atoms with E-state index in [0.29, 0.717) is 17.7 Å².